The molecular formula is C16H20N2O3. The summed E-state index contributed by atoms with van der Waals surface area (Å²) in [5, 5.41) is 2.91. The van der Waals surface area contributed by atoms with Crippen molar-refractivity contribution in [2.45, 2.75) is 12.0 Å². The third-order valence-electron chi connectivity index (χ3n) is 3.57. The second-order valence-electron chi connectivity index (χ2n) is 4.92. The zero-order valence-electron chi connectivity index (χ0n) is 12.1. The van der Waals surface area contributed by atoms with Crippen molar-refractivity contribution in [1.29, 1.82) is 0 Å². The van der Waals surface area contributed by atoms with Crippen molar-refractivity contribution in [1.82, 2.24) is 5.32 Å². The van der Waals surface area contributed by atoms with E-state index in [1.165, 1.54) is 0 Å². The molecule has 21 heavy (non-hydrogen) atoms. The lowest BCUT2D eigenvalue weighted by atomic mass is 10.0. The molecule has 5 heteroatoms. The molecule has 0 bridgehead atoms. The molecule has 1 fully saturated rings. The van der Waals surface area contributed by atoms with Crippen LogP contribution in [0.25, 0.3) is 0 Å². The number of carbonyl (C=O) groups excluding carboxylic acids is 1. The summed E-state index contributed by atoms with van der Waals surface area (Å²) < 4.78 is 10.8. The van der Waals surface area contributed by atoms with Crippen LogP contribution in [-0.2, 0) is 9.47 Å². The summed E-state index contributed by atoms with van der Waals surface area (Å²) >= 11 is 0. The maximum absolute atomic E-state index is 12.3. The summed E-state index contributed by atoms with van der Waals surface area (Å²) in [4.78, 5) is 12.3. The van der Waals surface area contributed by atoms with Crippen molar-refractivity contribution in [2.75, 3.05) is 33.4 Å². The Kier molecular flexibility index (Phi) is 5.34. The van der Waals surface area contributed by atoms with Gasteiger partial charge in [0.1, 0.15) is 5.60 Å². The van der Waals surface area contributed by atoms with Gasteiger partial charge in [0.2, 0.25) is 0 Å². The lowest BCUT2D eigenvalue weighted by molar-refractivity contribution is -0.0148. The predicted molar refractivity (Wildman–Crippen MR) is 79.9 cm³/mol. The molecule has 1 atom stereocenters. The van der Waals surface area contributed by atoms with Crippen molar-refractivity contribution in [3.05, 3.63) is 35.4 Å². The van der Waals surface area contributed by atoms with Crippen LogP contribution in [0.5, 0.6) is 0 Å². The van der Waals surface area contributed by atoms with Crippen LogP contribution in [0.1, 0.15) is 22.3 Å². The molecule has 0 aromatic heterocycles. The fourth-order valence-corrected chi connectivity index (χ4v) is 2.23. The Hall–Kier alpha value is -1.87. The van der Waals surface area contributed by atoms with E-state index in [0.717, 1.165) is 6.42 Å². The number of amides is 1. The Morgan fingerprint density at radius 3 is 3.00 bits per heavy atom. The standard InChI is InChI=1S/C16H20N2O3/c1-20-16(8-10-21-12-16)11-18-15(19)14-7-3-2-5-13(14)6-4-9-17/h2-3,5,7H,8-12,17H2,1H3,(H,18,19). The molecule has 1 aromatic rings. The van der Waals surface area contributed by atoms with Crippen LogP contribution in [0.15, 0.2) is 24.3 Å². The number of benzene rings is 1. The normalized spacial score (nSPS) is 20.7. The van der Waals surface area contributed by atoms with Crippen LogP contribution in [0.3, 0.4) is 0 Å². The minimum atomic E-state index is -0.423. The van der Waals surface area contributed by atoms with Gasteiger partial charge in [0.05, 0.1) is 18.7 Å². The molecule has 1 heterocycles. The quantitative estimate of drug-likeness (QED) is 0.793. The van der Waals surface area contributed by atoms with Gasteiger partial charge >= 0.3 is 0 Å². The molecule has 0 saturated carbocycles. The van der Waals surface area contributed by atoms with E-state index in [4.69, 9.17) is 15.2 Å². The first-order valence-corrected chi connectivity index (χ1v) is 6.90. The van der Waals surface area contributed by atoms with E-state index in [1.807, 2.05) is 18.2 Å². The van der Waals surface area contributed by atoms with Crippen LogP contribution in [-0.4, -0.2) is 44.9 Å². The minimum absolute atomic E-state index is 0.166. The zero-order valence-corrected chi connectivity index (χ0v) is 12.1. The molecule has 2 rings (SSSR count). The SMILES string of the molecule is COC1(CNC(=O)c2ccccc2C#CCN)CCOC1. The fraction of sp³-hybridized carbons (Fsp3) is 0.438. The van der Waals surface area contributed by atoms with Crippen LogP contribution in [0.4, 0.5) is 0 Å². The summed E-state index contributed by atoms with van der Waals surface area (Å²) in [7, 11) is 1.64. The average molecular weight is 288 g/mol. The third kappa shape index (κ3) is 3.82. The van der Waals surface area contributed by atoms with E-state index < -0.39 is 5.60 Å². The molecule has 5 nitrogen and oxygen atoms in total. The Morgan fingerprint density at radius 1 is 1.52 bits per heavy atom. The molecule has 1 amide bonds. The largest absolute Gasteiger partial charge is 0.378 e. The molecule has 112 valence electrons. The van der Waals surface area contributed by atoms with Crippen LogP contribution in [0, 0.1) is 11.8 Å². The highest BCUT2D eigenvalue weighted by Crippen LogP contribution is 2.21. The number of hydrogen-bond donors (Lipinski definition) is 2. The monoisotopic (exact) mass is 288 g/mol. The summed E-state index contributed by atoms with van der Waals surface area (Å²) in [5.74, 6) is 5.52. The highest BCUT2D eigenvalue weighted by Gasteiger charge is 2.35. The molecule has 0 aliphatic carbocycles. The van der Waals surface area contributed by atoms with E-state index in [1.54, 1.807) is 13.2 Å². The Bertz CT molecular complexity index is 554. The molecule has 0 spiro atoms. The maximum atomic E-state index is 12.3. The second kappa shape index (κ2) is 7.23. The number of nitrogens with one attached hydrogen (secondary N) is 1. The topological polar surface area (TPSA) is 73.6 Å². The number of ether oxygens (including phenoxy) is 2. The van der Waals surface area contributed by atoms with Crippen LogP contribution in [0.2, 0.25) is 0 Å². The first kappa shape index (κ1) is 15.5. The van der Waals surface area contributed by atoms with E-state index in [-0.39, 0.29) is 12.5 Å². The van der Waals surface area contributed by atoms with Gasteiger partial charge in [-0.15, -0.1) is 0 Å². The number of methoxy groups -OCH3 is 1. The summed E-state index contributed by atoms with van der Waals surface area (Å²) in [5.41, 5.74) is 6.17. The molecule has 1 aliphatic rings. The van der Waals surface area contributed by atoms with Gasteiger partial charge in [-0.05, 0) is 12.1 Å². The first-order chi connectivity index (χ1) is 10.2. The number of carbonyl (C=O) groups is 1. The van der Waals surface area contributed by atoms with Crippen molar-refractivity contribution < 1.29 is 14.3 Å². The number of nitrogens with two attached hydrogens (primary N) is 1. The van der Waals surface area contributed by atoms with Crippen molar-refractivity contribution in [3.8, 4) is 11.8 Å². The second-order valence-corrected chi connectivity index (χ2v) is 4.92. The molecule has 0 radical (unpaired) electrons. The summed E-state index contributed by atoms with van der Waals surface area (Å²) in [6, 6.07) is 7.22. The van der Waals surface area contributed by atoms with Gasteiger partial charge in [0.25, 0.3) is 5.91 Å². The van der Waals surface area contributed by atoms with Gasteiger partial charge in [-0.25, -0.2) is 0 Å². The van der Waals surface area contributed by atoms with Crippen molar-refractivity contribution in [2.24, 2.45) is 5.73 Å². The fourth-order valence-electron chi connectivity index (χ4n) is 2.23. The lowest BCUT2D eigenvalue weighted by Crippen LogP contribution is -2.45. The van der Waals surface area contributed by atoms with Gasteiger partial charge in [-0.1, -0.05) is 24.0 Å². The highest BCUT2D eigenvalue weighted by atomic mass is 16.5. The van der Waals surface area contributed by atoms with Gasteiger partial charge < -0.3 is 20.5 Å². The lowest BCUT2D eigenvalue weighted by Gasteiger charge is -2.25. The van der Waals surface area contributed by atoms with Gasteiger partial charge in [-0.2, -0.15) is 0 Å². The van der Waals surface area contributed by atoms with E-state index in [2.05, 4.69) is 17.2 Å². The Labute approximate surface area is 124 Å². The van der Waals surface area contributed by atoms with Crippen LogP contribution >= 0.6 is 0 Å². The summed E-state index contributed by atoms with van der Waals surface area (Å²) in [6.07, 6.45) is 0.776. The smallest absolute Gasteiger partial charge is 0.252 e. The maximum Gasteiger partial charge on any atom is 0.252 e. The summed E-state index contributed by atoms with van der Waals surface area (Å²) in [6.45, 7) is 1.84. The minimum Gasteiger partial charge on any atom is -0.378 e. The molecule has 1 aromatic carbocycles. The zero-order chi connectivity index (χ0) is 15.1. The molecule has 1 unspecified atom stereocenters. The van der Waals surface area contributed by atoms with E-state index >= 15 is 0 Å². The van der Waals surface area contributed by atoms with Gasteiger partial charge in [0.15, 0.2) is 0 Å². The molecular weight excluding hydrogens is 268 g/mol. The number of rotatable bonds is 4. The van der Waals surface area contributed by atoms with Crippen molar-refractivity contribution in [3.63, 3.8) is 0 Å². The predicted octanol–water partition coefficient (Wildman–Crippen LogP) is 0.532. The third-order valence-corrected chi connectivity index (χ3v) is 3.57. The molecule has 3 N–H and O–H groups in total. The Morgan fingerprint density at radius 2 is 2.33 bits per heavy atom. The molecule has 1 saturated heterocycles. The van der Waals surface area contributed by atoms with E-state index in [9.17, 15) is 4.79 Å². The first-order valence-electron chi connectivity index (χ1n) is 6.90. The molecule has 1 aliphatic heterocycles. The van der Waals surface area contributed by atoms with E-state index in [0.29, 0.717) is 30.9 Å². The highest BCUT2D eigenvalue weighted by molar-refractivity contribution is 5.96. The Balaban J connectivity index is 2.07. The van der Waals surface area contributed by atoms with Gasteiger partial charge in [-0.3, -0.25) is 4.79 Å². The van der Waals surface area contributed by atoms with Gasteiger partial charge in [0, 0.05) is 32.2 Å². The van der Waals surface area contributed by atoms with Crippen LogP contribution < -0.4 is 11.1 Å². The average Bonchev–Trinajstić information content (AvgIpc) is 3.00. The van der Waals surface area contributed by atoms with Crippen molar-refractivity contribution >= 4 is 5.91 Å². The number of hydrogen-bond acceptors (Lipinski definition) is 4.